The molecule has 1 amide bonds. The molecule has 0 aliphatic rings. The molecule has 1 heterocycles. The Morgan fingerprint density at radius 3 is 2.75 bits per heavy atom. The van der Waals surface area contributed by atoms with Crippen LogP contribution in [-0.2, 0) is 0 Å². The van der Waals surface area contributed by atoms with Crippen molar-refractivity contribution in [1.29, 1.82) is 0 Å². The molecule has 7 heteroatoms. The zero-order valence-electron chi connectivity index (χ0n) is 13.2. The lowest BCUT2D eigenvalue weighted by molar-refractivity contribution is 0.102. The van der Waals surface area contributed by atoms with Gasteiger partial charge in [-0.2, -0.15) is 0 Å². The number of nitrogens with zero attached hydrogens (tertiary/aromatic N) is 3. The summed E-state index contributed by atoms with van der Waals surface area (Å²) in [7, 11) is 0. The highest BCUT2D eigenvalue weighted by molar-refractivity contribution is 7.98. The first-order valence-corrected chi connectivity index (χ1v) is 8.83. The predicted molar refractivity (Wildman–Crippen MR) is 97.3 cm³/mol. The van der Waals surface area contributed by atoms with Gasteiger partial charge in [0, 0.05) is 9.92 Å². The SMILES string of the molecule is CSc1ccccc1NC(=O)c1nnn(-c2cccc(Cl)c2)c1C. The number of aromatic nitrogens is 3. The van der Waals surface area contributed by atoms with Crippen LogP contribution in [0.3, 0.4) is 0 Å². The Labute approximate surface area is 149 Å². The first-order valence-electron chi connectivity index (χ1n) is 7.23. The van der Waals surface area contributed by atoms with Crippen molar-refractivity contribution in [3.05, 3.63) is 64.9 Å². The Morgan fingerprint density at radius 2 is 2.00 bits per heavy atom. The molecule has 0 radical (unpaired) electrons. The molecule has 0 saturated heterocycles. The van der Waals surface area contributed by atoms with E-state index >= 15 is 0 Å². The van der Waals surface area contributed by atoms with Crippen molar-refractivity contribution < 1.29 is 4.79 Å². The molecule has 1 aromatic heterocycles. The molecule has 5 nitrogen and oxygen atoms in total. The van der Waals surface area contributed by atoms with Gasteiger partial charge in [0.05, 0.1) is 17.1 Å². The van der Waals surface area contributed by atoms with Gasteiger partial charge in [0.25, 0.3) is 5.91 Å². The summed E-state index contributed by atoms with van der Waals surface area (Å²) in [5.41, 5.74) is 2.45. The second-order valence-electron chi connectivity index (χ2n) is 5.07. The number of thioether (sulfide) groups is 1. The zero-order chi connectivity index (χ0) is 17.1. The van der Waals surface area contributed by atoms with Crippen LogP contribution in [-0.4, -0.2) is 27.2 Å². The fraction of sp³-hybridized carbons (Fsp3) is 0.118. The van der Waals surface area contributed by atoms with E-state index in [4.69, 9.17) is 11.6 Å². The third-order valence-corrected chi connectivity index (χ3v) is 4.55. The maximum atomic E-state index is 12.6. The largest absolute Gasteiger partial charge is 0.319 e. The number of rotatable bonds is 4. The van der Waals surface area contributed by atoms with Gasteiger partial charge in [-0.15, -0.1) is 16.9 Å². The minimum absolute atomic E-state index is 0.283. The summed E-state index contributed by atoms with van der Waals surface area (Å²) in [4.78, 5) is 13.5. The molecule has 1 N–H and O–H groups in total. The van der Waals surface area contributed by atoms with E-state index in [-0.39, 0.29) is 11.6 Å². The van der Waals surface area contributed by atoms with Gasteiger partial charge in [-0.05, 0) is 43.5 Å². The van der Waals surface area contributed by atoms with Crippen molar-refractivity contribution in [3.63, 3.8) is 0 Å². The smallest absolute Gasteiger partial charge is 0.278 e. The normalized spacial score (nSPS) is 10.6. The summed E-state index contributed by atoms with van der Waals surface area (Å²) < 4.78 is 1.60. The van der Waals surface area contributed by atoms with E-state index in [1.807, 2.05) is 42.7 Å². The van der Waals surface area contributed by atoms with Crippen molar-refractivity contribution in [3.8, 4) is 5.69 Å². The van der Waals surface area contributed by atoms with Crippen LogP contribution in [0.1, 0.15) is 16.2 Å². The molecule has 3 aromatic rings. The maximum Gasteiger partial charge on any atom is 0.278 e. The average Bonchev–Trinajstić information content (AvgIpc) is 2.97. The van der Waals surface area contributed by atoms with Gasteiger partial charge in [0.1, 0.15) is 0 Å². The van der Waals surface area contributed by atoms with E-state index in [0.29, 0.717) is 10.7 Å². The quantitative estimate of drug-likeness (QED) is 0.710. The van der Waals surface area contributed by atoms with Crippen LogP contribution < -0.4 is 5.32 Å². The molecule has 0 saturated carbocycles. The summed E-state index contributed by atoms with van der Waals surface area (Å²) in [6.07, 6.45) is 1.96. The highest BCUT2D eigenvalue weighted by Gasteiger charge is 2.18. The summed E-state index contributed by atoms with van der Waals surface area (Å²) >= 11 is 7.58. The summed E-state index contributed by atoms with van der Waals surface area (Å²) in [6, 6.07) is 14.9. The molecule has 0 unspecified atom stereocenters. The molecular formula is C17H15ClN4OS. The molecule has 0 fully saturated rings. The third-order valence-electron chi connectivity index (χ3n) is 3.52. The van der Waals surface area contributed by atoms with Crippen LogP contribution in [0.2, 0.25) is 5.02 Å². The maximum absolute atomic E-state index is 12.6. The molecule has 0 atom stereocenters. The number of para-hydroxylation sites is 1. The monoisotopic (exact) mass is 358 g/mol. The topological polar surface area (TPSA) is 59.8 Å². The lowest BCUT2D eigenvalue weighted by atomic mass is 10.2. The minimum Gasteiger partial charge on any atom is -0.319 e. The molecule has 0 spiro atoms. The van der Waals surface area contributed by atoms with Gasteiger partial charge in [-0.1, -0.05) is 35.0 Å². The lowest BCUT2D eigenvalue weighted by Crippen LogP contribution is -2.14. The van der Waals surface area contributed by atoms with Gasteiger partial charge in [0.15, 0.2) is 5.69 Å². The Kier molecular flexibility index (Phi) is 4.87. The molecule has 0 aliphatic carbocycles. The van der Waals surface area contributed by atoms with E-state index in [1.54, 1.807) is 35.5 Å². The summed E-state index contributed by atoms with van der Waals surface area (Å²) in [6.45, 7) is 1.80. The minimum atomic E-state index is -0.290. The summed E-state index contributed by atoms with van der Waals surface area (Å²) in [5, 5.41) is 11.6. The van der Waals surface area contributed by atoms with E-state index in [1.165, 1.54) is 0 Å². The highest BCUT2D eigenvalue weighted by Crippen LogP contribution is 2.25. The van der Waals surface area contributed by atoms with E-state index < -0.39 is 0 Å². The Bertz CT molecular complexity index is 894. The molecule has 0 bridgehead atoms. The number of hydrogen-bond acceptors (Lipinski definition) is 4. The molecule has 24 heavy (non-hydrogen) atoms. The van der Waals surface area contributed by atoms with Crippen LogP contribution in [0.5, 0.6) is 0 Å². The Morgan fingerprint density at radius 1 is 1.21 bits per heavy atom. The first kappa shape index (κ1) is 16.5. The fourth-order valence-corrected chi connectivity index (χ4v) is 3.06. The molecule has 3 rings (SSSR count). The van der Waals surface area contributed by atoms with Crippen LogP contribution in [0.25, 0.3) is 5.69 Å². The number of carbonyl (C=O) groups is 1. The van der Waals surface area contributed by atoms with Crippen LogP contribution in [0, 0.1) is 6.92 Å². The van der Waals surface area contributed by atoms with E-state index in [9.17, 15) is 4.79 Å². The fourth-order valence-electron chi connectivity index (χ4n) is 2.32. The first-order chi connectivity index (χ1) is 11.6. The van der Waals surface area contributed by atoms with Crippen LogP contribution in [0.15, 0.2) is 53.4 Å². The Balaban J connectivity index is 1.89. The second-order valence-corrected chi connectivity index (χ2v) is 6.35. The molecule has 2 aromatic carbocycles. The number of nitrogens with one attached hydrogen (secondary N) is 1. The number of benzene rings is 2. The van der Waals surface area contributed by atoms with E-state index in [0.717, 1.165) is 16.3 Å². The molecule has 122 valence electrons. The van der Waals surface area contributed by atoms with Crippen molar-refractivity contribution in [2.24, 2.45) is 0 Å². The van der Waals surface area contributed by atoms with Crippen molar-refractivity contribution >= 4 is 35.0 Å². The second kappa shape index (κ2) is 7.07. The number of hydrogen-bond donors (Lipinski definition) is 1. The van der Waals surface area contributed by atoms with Gasteiger partial charge in [-0.25, -0.2) is 4.68 Å². The van der Waals surface area contributed by atoms with Crippen molar-refractivity contribution in [1.82, 2.24) is 15.0 Å². The number of carbonyl (C=O) groups excluding carboxylic acids is 1. The highest BCUT2D eigenvalue weighted by atomic mass is 35.5. The summed E-state index contributed by atoms with van der Waals surface area (Å²) in [5.74, 6) is -0.290. The number of halogens is 1. The molecular weight excluding hydrogens is 344 g/mol. The van der Waals surface area contributed by atoms with Gasteiger partial charge >= 0.3 is 0 Å². The lowest BCUT2D eigenvalue weighted by Gasteiger charge is -2.08. The van der Waals surface area contributed by atoms with Gasteiger partial charge in [-0.3, -0.25) is 4.79 Å². The van der Waals surface area contributed by atoms with Gasteiger partial charge in [0.2, 0.25) is 0 Å². The number of anilines is 1. The zero-order valence-corrected chi connectivity index (χ0v) is 14.7. The molecule has 0 aliphatic heterocycles. The predicted octanol–water partition coefficient (Wildman–Crippen LogP) is 4.20. The van der Waals surface area contributed by atoms with Crippen LogP contribution >= 0.6 is 23.4 Å². The van der Waals surface area contributed by atoms with Crippen molar-refractivity contribution in [2.45, 2.75) is 11.8 Å². The Hall–Kier alpha value is -2.31. The number of amides is 1. The standard InChI is InChI=1S/C17H15ClN4OS/c1-11-16(17(23)19-14-8-3-4-9-15(14)24-2)20-21-22(11)13-7-5-6-12(18)10-13/h3-10H,1-2H3,(H,19,23). The van der Waals surface area contributed by atoms with E-state index in [2.05, 4.69) is 15.6 Å². The average molecular weight is 359 g/mol. The van der Waals surface area contributed by atoms with Crippen LogP contribution in [0.4, 0.5) is 5.69 Å². The van der Waals surface area contributed by atoms with Crippen molar-refractivity contribution in [2.75, 3.05) is 11.6 Å². The third kappa shape index (κ3) is 3.29. The van der Waals surface area contributed by atoms with Gasteiger partial charge < -0.3 is 5.32 Å².